The van der Waals surface area contributed by atoms with E-state index in [0.29, 0.717) is 10.5 Å². The number of nitrogens with zero attached hydrogens (tertiary/aromatic N) is 1. The van der Waals surface area contributed by atoms with Gasteiger partial charge in [-0.05, 0) is 37.1 Å². The van der Waals surface area contributed by atoms with Gasteiger partial charge in [0.05, 0.1) is 16.2 Å². The van der Waals surface area contributed by atoms with Gasteiger partial charge in [0.1, 0.15) is 5.82 Å². The lowest BCUT2D eigenvalue weighted by molar-refractivity contribution is -0.119. The zero-order chi connectivity index (χ0) is 19.0. The number of anilines is 1. The van der Waals surface area contributed by atoms with E-state index in [0.717, 1.165) is 21.6 Å². The van der Waals surface area contributed by atoms with Crippen molar-refractivity contribution in [3.8, 4) is 0 Å². The van der Waals surface area contributed by atoms with Crippen molar-refractivity contribution in [1.82, 2.24) is 0 Å². The van der Waals surface area contributed by atoms with E-state index in [2.05, 4.69) is 0 Å². The molecule has 2 amide bonds. The molecule has 1 heterocycles. The van der Waals surface area contributed by atoms with Gasteiger partial charge in [0.2, 0.25) is 0 Å². The number of imide groups is 1. The largest absolute Gasteiger partial charge is 0.272 e. The molecule has 26 heavy (non-hydrogen) atoms. The van der Waals surface area contributed by atoms with E-state index in [1.54, 1.807) is 6.07 Å². The first-order chi connectivity index (χ1) is 12.3. The van der Waals surface area contributed by atoms with Crippen LogP contribution in [0.2, 0.25) is 0 Å². The number of hydrogen-bond donors (Lipinski definition) is 0. The number of thioether (sulfide) groups is 1. The zero-order valence-corrected chi connectivity index (χ0v) is 16.0. The predicted octanol–water partition coefficient (Wildman–Crippen LogP) is 4.87. The molecule has 0 saturated heterocycles. The second-order valence-corrected chi connectivity index (χ2v) is 8.17. The number of rotatable bonds is 4. The fraction of sp³-hybridized carbons (Fsp3) is 0.238. The van der Waals surface area contributed by atoms with Gasteiger partial charge < -0.3 is 0 Å². The van der Waals surface area contributed by atoms with Crippen molar-refractivity contribution < 1.29 is 14.0 Å². The van der Waals surface area contributed by atoms with Crippen molar-refractivity contribution >= 4 is 34.8 Å². The van der Waals surface area contributed by atoms with Crippen LogP contribution in [0.5, 0.6) is 0 Å². The summed E-state index contributed by atoms with van der Waals surface area (Å²) < 4.78 is 14.3. The average molecular weight is 369 g/mol. The number of carbonyl (C=O) groups excluding carboxylic acids is 2. The summed E-state index contributed by atoms with van der Waals surface area (Å²) in [6, 6.07) is 11.6. The molecule has 1 aliphatic rings. The molecule has 2 aromatic rings. The van der Waals surface area contributed by atoms with E-state index in [4.69, 9.17) is 0 Å². The van der Waals surface area contributed by atoms with E-state index in [9.17, 15) is 14.0 Å². The van der Waals surface area contributed by atoms with Gasteiger partial charge in [-0.25, -0.2) is 9.29 Å². The number of para-hydroxylation sites is 1. The Balaban J connectivity index is 2.18. The summed E-state index contributed by atoms with van der Waals surface area (Å²) in [6.45, 7) is 7.81. The summed E-state index contributed by atoms with van der Waals surface area (Å²) in [7, 11) is 0. The molecule has 5 heteroatoms. The van der Waals surface area contributed by atoms with Crippen LogP contribution >= 0.6 is 11.8 Å². The number of benzene rings is 2. The molecule has 0 spiro atoms. The SMILES string of the molecule is Cc1ccc(C2=C(SC(C)C)C(=O)N(c3ccccc3F)C2=O)c(C)c1. The molecule has 3 rings (SSSR count). The Morgan fingerprint density at radius 2 is 1.69 bits per heavy atom. The highest BCUT2D eigenvalue weighted by Crippen LogP contribution is 2.41. The van der Waals surface area contributed by atoms with Crippen LogP contribution in [0.3, 0.4) is 0 Å². The molecule has 134 valence electrons. The van der Waals surface area contributed by atoms with Gasteiger partial charge in [0, 0.05) is 5.25 Å². The van der Waals surface area contributed by atoms with Crippen LogP contribution in [-0.2, 0) is 9.59 Å². The molecule has 0 bridgehead atoms. The van der Waals surface area contributed by atoms with Crippen molar-refractivity contribution in [2.75, 3.05) is 4.90 Å². The van der Waals surface area contributed by atoms with Crippen molar-refractivity contribution in [3.63, 3.8) is 0 Å². The highest BCUT2D eigenvalue weighted by molar-refractivity contribution is 8.04. The number of halogens is 1. The molecule has 0 radical (unpaired) electrons. The van der Waals surface area contributed by atoms with Crippen LogP contribution in [0.4, 0.5) is 10.1 Å². The Morgan fingerprint density at radius 3 is 2.31 bits per heavy atom. The van der Waals surface area contributed by atoms with Gasteiger partial charge in [-0.1, -0.05) is 49.7 Å². The van der Waals surface area contributed by atoms with Gasteiger partial charge >= 0.3 is 0 Å². The summed E-state index contributed by atoms with van der Waals surface area (Å²) in [5, 5.41) is 0.114. The Morgan fingerprint density at radius 1 is 1.00 bits per heavy atom. The maximum absolute atomic E-state index is 14.3. The molecule has 1 aliphatic heterocycles. The second kappa shape index (κ2) is 7.08. The van der Waals surface area contributed by atoms with Crippen LogP contribution in [0.25, 0.3) is 5.57 Å². The fourth-order valence-corrected chi connectivity index (χ4v) is 4.02. The molecule has 0 fully saturated rings. The fourth-order valence-electron chi connectivity index (χ4n) is 3.04. The maximum atomic E-state index is 14.3. The lowest BCUT2D eigenvalue weighted by atomic mass is 9.99. The Hall–Kier alpha value is -2.40. The van der Waals surface area contributed by atoms with E-state index in [1.165, 1.54) is 30.0 Å². The molecule has 0 aliphatic carbocycles. The quantitative estimate of drug-likeness (QED) is 0.722. The number of amides is 2. The Bertz CT molecular complexity index is 933. The smallest absolute Gasteiger partial charge is 0.268 e. The standard InChI is InChI=1S/C21H20FNO2S/c1-12(2)26-19-18(15-10-9-13(3)11-14(15)4)20(24)23(21(19)25)17-8-6-5-7-16(17)22/h5-12H,1-4H3. The summed E-state index contributed by atoms with van der Waals surface area (Å²) in [5.74, 6) is -1.53. The van der Waals surface area contributed by atoms with Crippen LogP contribution in [0, 0.1) is 19.7 Å². The third-order valence-corrected chi connectivity index (χ3v) is 5.23. The first kappa shape index (κ1) is 18.4. The number of aryl methyl sites for hydroxylation is 2. The summed E-state index contributed by atoms with van der Waals surface area (Å²) in [6.07, 6.45) is 0. The predicted molar refractivity (Wildman–Crippen MR) is 104 cm³/mol. The van der Waals surface area contributed by atoms with Gasteiger partial charge in [-0.2, -0.15) is 0 Å². The Kier molecular flexibility index (Phi) is 5.01. The van der Waals surface area contributed by atoms with Crippen LogP contribution in [-0.4, -0.2) is 17.1 Å². The molecule has 3 nitrogen and oxygen atoms in total. The molecular formula is C21H20FNO2S. The minimum absolute atomic E-state index is 0.0101. The first-order valence-electron chi connectivity index (χ1n) is 8.43. The average Bonchev–Trinajstić information content (AvgIpc) is 2.79. The topological polar surface area (TPSA) is 37.4 Å². The monoisotopic (exact) mass is 369 g/mol. The minimum atomic E-state index is -0.593. The molecule has 0 unspecified atom stereocenters. The lowest BCUT2D eigenvalue weighted by Crippen LogP contribution is -2.32. The molecular weight excluding hydrogens is 349 g/mol. The molecule has 0 atom stereocenters. The normalized spacial score (nSPS) is 14.8. The molecule has 0 saturated carbocycles. The van der Waals surface area contributed by atoms with Gasteiger partial charge in [0.25, 0.3) is 11.8 Å². The van der Waals surface area contributed by atoms with E-state index < -0.39 is 17.6 Å². The Labute approximate surface area is 156 Å². The van der Waals surface area contributed by atoms with E-state index in [-0.39, 0.29) is 10.9 Å². The maximum Gasteiger partial charge on any atom is 0.272 e. The van der Waals surface area contributed by atoms with Crippen LogP contribution < -0.4 is 4.90 Å². The van der Waals surface area contributed by atoms with Crippen molar-refractivity contribution in [1.29, 1.82) is 0 Å². The summed E-state index contributed by atoms with van der Waals surface area (Å²) in [5.41, 5.74) is 3.06. The van der Waals surface area contributed by atoms with Crippen LogP contribution in [0.1, 0.15) is 30.5 Å². The molecule has 2 aromatic carbocycles. The molecule has 0 aromatic heterocycles. The minimum Gasteiger partial charge on any atom is -0.268 e. The van der Waals surface area contributed by atoms with Gasteiger partial charge in [-0.15, -0.1) is 11.8 Å². The first-order valence-corrected chi connectivity index (χ1v) is 9.31. The zero-order valence-electron chi connectivity index (χ0n) is 15.2. The summed E-state index contributed by atoms with van der Waals surface area (Å²) >= 11 is 1.34. The highest BCUT2D eigenvalue weighted by Gasteiger charge is 2.41. The number of hydrogen-bond acceptors (Lipinski definition) is 3. The van der Waals surface area contributed by atoms with Crippen LogP contribution in [0.15, 0.2) is 47.4 Å². The second-order valence-electron chi connectivity index (χ2n) is 6.59. The third-order valence-electron chi connectivity index (χ3n) is 4.14. The van der Waals surface area contributed by atoms with Gasteiger partial charge in [-0.3, -0.25) is 9.59 Å². The van der Waals surface area contributed by atoms with Crippen molar-refractivity contribution in [3.05, 3.63) is 69.9 Å². The van der Waals surface area contributed by atoms with Crippen molar-refractivity contribution in [2.24, 2.45) is 0 Å². The van der Waals surface area contributed by atoms with Gasteiger partial charge in [0.15, 0.2) is 0 Å². The number of carbonyl (C=O) groups is 2. The lowest BCUT2D eigenvalue weighted by Gasteiger charge is -2.16. The third kappa shape index (κ3) is 3.19. The van der Waals surface area contributed by atoms with Crippen molar-refractivity contribution in [2.45, 2.75) is 32.9 Å². The van der Waals surface area contributed by atoms with E-state index >= 15 is 0 Å². The summed E-state index contributed by atoms with van der Waals surface area (Å²) in [4.78, 5) is 27.5. The highest BCUT2D eigenvalue weighted by atomic mass is 32.2. The molecule has 0 N–H and O–H groups in total. The van der Waals surface area contributed by atoms with E-state index in [1.807, 2.05) is 45.9 Å².